The van der Waals surface area contributed by atoms with E-state index in [-0.39, 0.29) is 18.3 Å². The molecule has 3 aromatic carbocycles. The van der Waals surface area contributed by atoms with Crippen molar-refractivity contribution in [2.75, 3.05) is 7.11 Å². The van der Waals surface area contributed by atoms with Crippen LogP contribution in [0.5, 0.6) is 17.2 Å². The lowest BCUT2D eigenvalue weighted by atomic mass is 9.94. The van der Waals surface area contributed by atoms with Gasteiger partial charge in [0.15, 0.2) is 0 Å². The van der Waals surface area contributed by atoms with Gasteiger partial charge in [-0.3, -0.25) is 9.59 Å². The first-order chi connectivity index (χ1) is 16.4. The van der Waals surface area contributed by atoms with Crippen molar-refractivity contribution in [2.45, 2.75) is 32.7 Å². The molecule has 0 unspecified atom stereocenters. The van der Waals surface area contributed by atoms with Crippen molar-refractivity contribution in [2.24, 2.45) is 5.92 Å². The van der Waals surface area contributed by atoms with Crippen LogP contribution >= 0.6 is 0 Å². The monoisotopic (exact) mass is 465 g/mol. The quantitative estimate of drug-likeness (QED) is 0.385. The van der Waals surface area contributed by atoms with Crippen molar-refractivity contribution >= 4 is 11.9 Å². The van der Waals surface area contributed by atoms with E-state index in [9.17, 15) is 19.1 Å². The number of carbonyl (C=O) groups is 2. The molecule has 0 aromatic heterocycles. The second-order valence-electron chi connectivity index (χ2n) is 7.91. The van der Waals surface area contributed by atoms with Crippen LogP contribution in [0.2, 0.25) is 0 Å². The molecule has 6 nitrogen and oxygen atoms in total. The smallest absolute Gasteiger partial charge is 0.306 e. The van der Waals surface area contributed by atoms with Gasteiger partial charge in [-0.2, -0.15) is 0 Å². The van der Waals surface area contributed by atoms with Crippen LogP contribution in [-0.4, -0.2) is 24.1 Å². The van der Waals surface area contributed by atoms with E-state index in [1.54, 1.807) is 24.3 Å². The van der Waals surface area contributed by atoms with E-state index in [0.717, 1.165) is 17.5 Å². The molecule has 0 radical (unpaired) electrons. The molecule has 178 valence electrons. The van der Waals surface area contributed by atoms with Crippen molar-refractivity contribution < 1.29 is 28.6 Å². The number of aliphatic carboxylic acids is 1. The van der Waals surface area contributed by atoms with E-state index in [0.29, 0.717) is 35.7 Å². The Labute approximate surface area is 198 Å². The standard InChI is InChI=1S/C27H28FNO5/c1-3-6-19(27(31)32)15-18-9-14-25(33-2)23(16-18)26(30)29-17-20-7-4-5-8-24(20)34-22-12-10-21(28)11-13-22/h4-5,7-14,16,19H,3,6,15,17H2,1-2H3,(H,29,30)(H,31,32)/t19-/m1/s1. The Balaban J connectivity index is 1.74. The number of carboxylic acids is 1. The first kappa shape index (κ1) is 24.8. The van der Waals surface area contributed by atoms with E-state index in [1.807, 2.05) is 25.1 Å². The lowest BCUT2D eigenvalue weighted by Crippen LogP contribution is -2.24. The van der Waals surface area contributed by atoms with Gasteiger partial charge in [0.2, 0.25) is 0 Å². The highest BCUT2D eigenvalue weighted by Crippen LogP contribution is 2.26. The van der Waals surface area contributed by atoms with Crippen LogP contribution in [0.4, 0.5) is 4.39 Å². The van der Waals surface area contributed by atoms with Gasteiger partial charge in [-0.1, -0.05) is 37.6 Å². The molecule has 0 saturated carbocycles. The van der Waals surface area contributed by atoms with Gasteiger partial charge in [-0.25, -0.2) is 4.39 Å². The van der Waals surface area contributed by atoms with Gasteiger partial charge in [-0.15, -0.1) is 0 Å². The van der Waals surface area contributed by atoms with Crippen LogP contribution in [0.25, 0.3) is 0 Å². The molecule has 0 aliphatic rings. The predicted molar refractivity (Wildman–Crippen MR) is 127 cm³/mol. The minimum Gasteiger partial charge on any atom is -0.496 e. The fraction of sp³-hybridized carbons (Fsp3) is 0.259. The highest BCUT2D eigenvalue weighted by Gasteiger charge is 2.19. The third-order valence-electron chi connectivity index (χ3n) is 5.43. The summed E-state index contributed by atoms with van der Waals surface area (Å²) in [6, 6.07) is 18.1. The SMILES string of the molecule is CCC[C@H](Cc1ccc(OC)c(C(=O)NCc2ccccc2Oc2ccc(F)cc2)c1)C(=O)O. The minimum absolute atomic E-state index is 0.192. The molecule has 34 heavy (non-hydrogen) atoms. The molecular weight excluding hydrogens is 437 g/mol. The Morgan fingerprint density at radius 3 is 2.44 bits per heavy atom. The fourth-order valence-electron chi connectivity index (χ4n) is 3.66. The number of para-hydroxylation sites is 1. The van der Waals surface area contributed by atoms with Crippen LogP contribution in [0, 0.1) is 11.7 Å². The molecule has 0 heterocycles. The summed E-state index contributed by atoms with van der Waals surface area (Å²) in [5, 5.41) is 12.3. The molecule has 3 rings (SSSR count). The Bertz CT molecular complexity index is 1130. The number of hydrogen-bond donors (Lipinski definition) is 2. The fourth-order valence-corrected chi connectivity index (χ4v) is 3.66. The Hall–Kier alpha value is -3.87. The van der Waals surface area contributed by atoms with Crippen LogP contribution < -0.4 is 14.8 Å². The highest BCUT2D eigenvalue weighted by molar-refractivity contribution is 5.97. The zero-order chi connectivity index (χ0) is 24.5. The van der Waals surface area contributed by atoms with Crippen molar-refractivity contribution in [3.63, 3.8) is 0 Å². The number of carboxylic acid groups (broad SMARTS) is 1. The number of benzene rings is 3. The van der Waals surface area contributed by atoms with Crippen molar-refractivity contribution in [1.29, 1.82) is 0 Å². The topological polar surface area (TPSA) is 84.9 Å². The van der Waals surface area contributed by atoms with Gasteiger partial charge in [-0.05, 0) is 60.9 Å². The molecule has 0 spiro atoms. The highest BCUT2D eigenvalue weighted by atomic mass is 19.1. The lowest BCUT2D eigenvalue weighted by molar-refractivity contribution is -0.141. The molecule has 3 aromatic rings. The van der Waals surface area contributed by atoms with E-state index < -0.39 is 11.9 Å². The summed E-state index contributed by atoms with van der Waals surface area (Å²) >= 11 is 0. The number of amides is 1. The summed E-state index contributed by atoms with van der Waals surface area (Å²) in [6.07, 6.45) is 1.66. The van der Waals surface area contributed by atoms with Crippen molar-refractivity contribution in [1.82, 2.24) is 5.32 Å². The molecular formula is C27H28FNO5. The number of halogens is 1. The number of rotatable bonds is 11. The van der Waals surface area contributed by atoms with Gasteiger partial charge in [0, 0.05) is 12.1 Å². The van der Waals surface area contributed by atoms with E-state index >= 15 is 0 Å². The van der Waals surface area contributed by atoms with Gasteiger partial charge >= 0.3 is 5.97 Å². The average Bonchev–Trinajstić information content (AvgIpc) is 2.84. The lowest BCUT2D eigenvalue weighted by Gasteiger charge is -2.15. The zero-order valence-electron chi connectivity index (χ0n) is 19.2. The molecule has 1 amide bonds. The van der Waals surface area contributed by atoms with E-state index in [4.69, 9.17) is 9.47 Å². The summed E-state index contributed by atoms with van der Waals surface area (Å²) in [5.74, 6) is -0.634. The van der Waals surface area contributed by atoms with Crippen LogP contribution in [0.3, 0.4) is 0 Å². The normalized spacial score (nSPS) is 11.5. The third-order valence-corrected chi connectivity index (χ3v) is 5.43. The van der Waals surface area contributed by atoms with Crippen LogP contribution in [-0.2, 0) is 17.8 Å². The van der Waals surface area contributed by atoms with E-state index in [2.05, 4.69) is 5.32 Å². The molecule has 0 aliphatic carbocycles. The first-order valence-electron chi connectivity index (χ1n) is 11.1. The van der Waals surface area contributed by atoms with E-state index in [1.165, 1.54) is 31.4 Å². The van der Waals surface area contributed by atoms with Crippen LogP contribution in [0.15, 0.2) is 66.7 Å². The number of methoxy groups -OCH3 is 1. The largest absolute Gasteiger partial charge is 0.496 e. The minimum atomic E-state index is -0.846. The summed E-state index contributed by atoms with van der Waals surface area (Å²) in [7, 11) is 1.48. The van der Waals surface area contributed by atoms with Crippen molar-refractivity contribution in [3.8, 4) is 17.2 Å². The molecule has 0 bridgehead atoms. The second-order valence-corrected chi connectivity index (χ2v) is 7.91. The third kappa shape index (κ3) is 6.57. The van der Waals surface area contributed by atoms with Crippen LogP contribution in [0.1, 0.15) is 41.3 Å². The molecule has 2 N–H and O–H groups in total. The summed E-state index contributed by atoms with van der Waals surface area (Å²) in [4.78, 5) is 24.6. The Morgan fingerprint density at radius 2 is 1.76 bits per heavy atom. The number of hydrogen-bond acceptors (Lipinski definition) is 4. The average molecular weight is 466 g/mol. The molecule has 0 fully saturated rings. The summed E-state index contributed by atoms with van der Waals surface area (Å²) < 4.78 is 24.4. The zero-order valence-corrected chi connectivity index (χ0v) is 19.2. The van der Waals surface area contributed by atoms with Crippen molar-refractivity contribution in [3.05, 3.63) is 89.2 Å². The summed E-state index contributed by atoms with van der Waals surface area (Å²) in [6.45, 7) is 2.14. The maximum absolute atomic E-state index is 13.2. The number of ether oxygens (including phenoxy) is 2. The second kappa shape index (κ2) is 11.8. The predicted octanol–water partition coefficient (Wildman–Crippen LogP) is 5.60. The summed E-state index contributed by atoms with van der Waals surface area (Å²) in [5.41, 5.74) is 1.83. The van der Waals surface area contributed by atoms with Gasteiger partial charge < -0.3 is 19.9 Å². The number of nitrogens with one attached hydrogen (secondary N) is 1. The number of carbonyl (C=O) groups excluding carboxylic acids is 1. The van der Waals surface area contributed by atoms with Gasteiger partial charge in [0.05, 0.1) is 18.6 Å². The van der Waals surface area contributed by atoms with Gasteiger partial charge in [0.1, 0.15) is 23.1 Å². The molecule has 0 saturated heterocycles. The first-order valence-corrected chi connectivity index (χ1v) is 11.1. The Morgan fingerprint density at radius 1 is 1.03 bits per heavy atom. The Kier molecular flexibility index (Phi) is 8.62. The molecule has 0 aliphatic heterocycles. The molecule has 7 heteroatoms. The maximum atomic E-state index is 13.2. The maximum Gasteiger partial charge on any atom is 0.306 e. The van der Waals surface area contributed by atoms with Gasteiger partial charge in [0.25, 0.3) is 5.91 Å². The molecule has 1 atom stereocenters.